The second kappa shape index (κ2) is 11.7. The van der Waals surface area contributed by atoms with Gasteiger partial charge in [0.15, 0.2) is 5.78 Å². The average molecular weight is 334 g/mol. The third-order valence-electron chi connectivity index (χ3n) is 3.16. The fourth-order valence-corrected chi connectivity index (χ4v) is 1.98. The van der Waals surface area contributed by atoms with Crippen LogP contribution in [-0.4, -0.2) is 39.4 Å². The summed E-state index contributed by atoms with van der Waals surface area (Å²) in [5, 5.41) is 28.8. The van der Waals surface area contributed by atoms with E-state index in [0.29, 0.717) is 0 Å². The summed E-state index contributed by atoms with van der Waals surface area (Å²) in [4.78, 5) is 10.9. The van der Waals surface area contributed by atoms with Crippen LogP contribution < -0.4 is 0 Å². The summed E-state index contributed by atoms with van der Waals surface area (Å²) in [5.41, 5.74) is 2.82. The lowest BCUT2D eigenvalue weighted by molar-refractivity contribution is -0.112. The number of carbonyl (C=O) groups excluding carboxylic acids is 1. The maximum atomic E-state index is 10.9. The van der Waals surface area contributed by atoms with Crippen LogP contribution in [0.5, 0.6) is 0 Å². The van der Waals surface area contributed by atoms with Gasteiger partial charge in [0.25, 0.3) is 0 Å². The number of aliphatic hydroxyl groups is 3. The Bertz CT molecular complexity index is 548. The van der Waals surface area contributed by atoms with Gasteiger partial charge in [-0.3, -0.25) is 4.79 Å². The summed E-state index contributed by atoms with van der Waals surface area (Å²) >= 11 is 0. The van der Waals surface area contributed by atoms with Crippen molar-refractivity contribution in [3.63, 3.8) is 0 Å². The minimum absolute atomic E-state index is 0.0152. The molecular weight excluding hydrogens is 304 g/mol. The van der Waals surface area contributed by atoms with Gasteiger partial charge in [0.05, 0.1) is 18.3 Å². The first-order valence-corrected chi connectivity index (χ1v) is 8.06. The van der Waals surface area contributed by atoms with E-state index in [1.165, 1.54) is 13.0 Å². The Morgan fingerprint density at radius 2 is 1.54 bits per heavy atom. The van der Waals surface area contributed by atoms with Crippen LogP contribution in [0.25, 0.3) is 0 Å². The van der Waals surface area contributed by atoms with Crippen LogP contribution >= 0.6 is 0 Å². The summed E-state index contributed by atoms with van der Waals surface area (Å²) in [6, 6.07) is 0. The van der Waals surface area contributed by atoms with Crippen molar-refractivity contribution >= 4 is 5.78 Å². The van der Waals surface area contributed by atoms with Crippen LogP contribution in [0.15, 0.2) is 59.3 Å². The van der Waals surface area contributed by atoms with Crippen LogP contribution in [-0.2, 0) is 4.79 Å². The predicted molar refractivity (Wildman–Crippen MR) is 98.5 cm³/mol. The summed E-state index contributed by atoms with van der Waals surface area (Å²) in [6.45, 7) is 8.79. The van der Waals surface area contributed by atoms with E-state index >= 15 is 0 Å². The van der Waals surface area contributed by atoms with Gasteiger partial charge in [-0.15, -0.1) is 0 Å². The van der Waals surface area contributed by atoms with E-state index in [4.69, 9.17) is 0 Å². The molecule has 0 aromatic heterocycles. The second-order valence-electron chi connectivity index (χ2n) is 6.16. The van der Waals surface area contributed by atoms with Gasteiger partial charge in [0.2, 0.25) is 0 Å². The fraction of sp³-hybridized carbons (Fsp3) is 0.450. The van der Waals surface area contributed by atoms with Gasteiger partial charge >= 0.3 is 0 Å². The van der Waals surface area contributed by atoms with Crippen molar-refractivity contribution in [1.82, 2.24) is 0 Å². The van der Waals surface area contributed by atoms with E-state index in [0.717, 1.165) is 16.7 Å². The number of hydrogen-bond acceptors (Lipinski definition) is 4. The van der Waals surface area contributed by atoms with Crippen molar-refractivity contribution < 1.29 is 20.1 Å². The Morgan fingerprint density at radius 3 is 2.08 bits per heavy atom. The normalized spacial score (nSPS) is 18.2. The smallest absolute Gasteiger partial charge is 0.152 e. The molecule has 0 aliphatic heterocycles. The molecule has 0 saturated carbocycles. The molecule has 24 heavy (non-hydrogen) atoms. The molecule has 0 amide bonds. The van der Waals surface area contributed by atoms with Crippen molar-refractivity contribution in [2.45, 2.75) is 59.4 Å². The van der Waals surface area contributed by atoms with Crippen molar-refractivity contribution in [3.8, 4) is 0 Å². The fourth-order valence-electron chi connectivity index (χ4n) is 1.98. The van der Waals surface area contributed by atoms with Gasteiger partial charge in [-0.2, -0.15) is 0 Å². The highest BCUT2D eigenvalue weighted by Gasteiger charge is 2.15. The van der Waals surface area contributed by atoms with E-state index < -0.39 is 18.3 Å². The third-order valence-corrected chi connectivity index (χ3v) is 3.16. The lowest BCUT2D eigenvalue weighted by atomic mass is 10.0. The minimum Gasteiger partial charge on any atom is -0.393 e. The molecule has 0 heterocycles. The van der Waals surface area contributed by atoms with Gasteiger partial charge < -0.3 is 15.3 Å². The van der Waals surface area contributed by atoms with E-state index in [-0.39, 0.29) is 12.2 Å². The first-order chi connectivity index (χ1) is 11.1. The molecule has 134 valence electrons. The van der Waals surface area contributed by atoms with Crippen LogP contribution in [0.3, 0.4) is 0 Å². The van der Waals surface area contributed by atoms with Crippen molar-refractivity contribution in [2.24, 2.45) is 0 Å². The minimum atomic E-state index is -1.01. The van der Waals surface area contributed by atoms with Gasteiger partial charge in [0.1, 0.15) is 0 Å². The summed E-state index contributed by atoms with van der Waals surface area (Å²) in [7, 11) is 0. The summed E-state index contributed by atoms with van der Waals surface area (Å²) in [5.74, 6) is 0.0152. The molecule has 0 spiro atoms. The Labute approximate surface area is 145 Å². The van der Waals surface area contributed by atoms with Gasteiger partial charge in [-0.1, -0.05) is 53.2 Å². The lowest BCUT2D eigenvalue weighted by Crippen LogP contribution is -2.27. The number of hydrogen-bond donors (Lipinski definition) is 3. The Kier molecular flexibility index (Phi) is 10.9. The Balaban J connectivity index is 4.74. The molecule has 3 atom stereocenters. The molecule has 0 unspecified atom stereocenters. The highest BCUT2D eigenvalue weighted by Crippen LogP contribution is 2.08. The molecule has 0 bridgehead atoms. The maximum absolute atomic E-state index is 10.9. The van der Waals surface area contributed by atoms with Gasteiger partial charge in [-0.25, -0.2) is 0 Å². The Hall–Kier alpha value is -1.75. The standard InChI is InChI=1S/C20H30O4/c1-14(11-16(3)9-10-17(4)21)7-6-8-15(2)12-19(23)20(24)13-18(5)22/h6-12,18-20,22-24H,13H2,1-5H3/b8-6+,10-9+,14-7?,15-12+,16-11?/t18-,19-,20-/m0/s1. The maximum Gasteiger partial charge on any atom is 0.152 e. The van der Waals surface area contributed by atoms with E-state index in [2.05, 4.69) is 0 Å². The lowest BCUT2D eigenvalue weighted by Gasteiger charge is -2.16. The first kappa shape index (κ1) is 22.2. The van der Waals surface area contributed by atoms with Crippen molar-refractivity contribution in [1.29, 1.82) is 0 Å². The van der Waals surface area contributed by atoms with E-state index in [9.17, 15) is 20.1 Å². The summed E-state index contributed by atoms with van der Waals surface area (Å²) < 4.78 is 0. The summed E-state index contributed by atoms with van der Waals surface area (Å²) in [6.07, 6.45) is 9.91. The monoisotopic (exact) mass is 334 g/mol. The highest BCUT2D eigenvalue weighted by atomic mass is 16.3. The molecule has 0 saturated heterocycles. The topological polar surface area (TPSA) is 77.8 Å². The third kappa shape index (κ3) is 11.8. The van der Waals surface area contributed by atoms with Crippen molar-refractivity contribution in [2.75, 3.05) is 0 Å². The molecule has 0 aromatic rings. The molecule has 0 fully saturated rings. The molecule has 0 aliphatic rings. The largest absolute Gasteiger partial charge is 0.393 e. The number of carbonyl (C=O) groups is 1. The zero-order chi connectivity index (χ0) is 18.7. The van der Waals surface area contributed by atoms with Crippen LogP contribution in [0.1, 0.15) is 41.0 Å². The van der Waals surface area contributed by atoms with Crippen LogP contribution in [0, 0.1) is 0 Å². The van der Waals surface area contributed by atoms with Crippen LogP contribution in [0.4, 0.5) is 0 Å². The predicted octanol–water partition coefficient (Wildman–Crippen LogP) is 3.02. The Morgan fingerprint density at radius 1 is 0.917 bits per heavy atom. The molecule has 4 nitrogen and oxygen atoms in total. The number of ketones is 1. The first-order valence-electron chi connectivity index (χ1n) is 8.06. The van der Waals surface area contributed by atoms with E-state index in [1.54, 1.807) is 19.1 Å². The van der Waals surface area contributed by atoms with E-state index in [1.807, 2.05) is 45.1 Å². The number of allylic oxidation sites excluding steroid dienone is 9. The molecule has 3 N–H and O–H groups in total. The molecule has 0 aromatic carbocycles. The van der Waals surface area contributed by atoms with Crippen molar-refractivity contribution in [3.05, 3.63) is 59.3 Å². The zero-order valence-corrected chi connectivity index (χ0v) is 15.2. The van der Waals surface area contributed by atoms with Gasteiger partial charge in [-0.05, 0) is 40.7 Å². The SMILES string of the molecule is CC(=O)/C=C/C(C)=CC(C)=C/C=C/C(C)=C/[C@H](O)[C@@H](O)C[C@H](C)O. The quantitative estimate of drug-likeness (QED) is 0.447. The number of aliphatic hydroxyl groups excluding tert-OH is 3. The van der Waals surface area contributed by atoms with Crippen LogP contribution in [0.2, 0.25) is 0 Å². The zero-order valence-electron chi connectivity index (χ0n) is 15.2. The molecule has 0 radical (unpaired) electrons. The highest BCUT2D eigenvalue weighted by molar-refractivity contribution is 5.87. The molecular formula is C20H30O4. The van der Waals surface area contributed by atoms with Gasteiger partial charge in [0, 0.05) is 6.42 Å². The molecule has 0 rings (SSSR count). The second-order valence-corrected chi connectivity index (χ2v) is 6.16. The average Bonchev–Trinajstić information content (AvgIpc) is 2.44. The number of rotatable bonds is 9. The molecule has 4 heteroatoms. The molecule has 0 aliphatic carbocycles.